The van der Waals surface area contributed by atoms with E-state index in [9.17, 15) is 4.79 Å². The van der Waals surface area contributed by atoms with Gasteiger partial charge in [0, 0.05) is 13.6 Å². The summed E-state index contributed by atoms with van der Waals surface area (Å²) < 4.78 is 1.70. The molecule has 1 aromatic rings. The molecule has 0 atom stereocenters. The van der Waals surface area contributed by atoms with Crippen LogP contribution < -0.4 is 5.32 Å². The molecule has 1 N–H and O–H groups in total. The molecule has 1 heterocycles. The molecule has 1 aromatic heterocycles. The first kappa shape index (κ1) is 9.77. The third kappa shape index (κ3) is 2.57. The van der Waals surface area contributed by atoms with Gasteiger partial charge in [0.25, 0.3) is 5.91 Å². The highest BCUT2D eigenvalue weighted by Gasteiger charge is 2.08. The normalized spacial score (nSPS) is 10.5. The van der Waals surface area contributed by atoms with Gasteiger partial charge in [-0.3, -0.25) is 4.79 Å². The number of aromatic nitrogens is 2. The molecule has 0 radical (unpaired) electrons. The molecular formula is C9H15N3O. The van der Waals surface area contributed by atoms with E-state index in [2.05, 4.69) is 24.1 Å². The molecule has 0 saturated heterocycles. The molecule has 1 amide bonds. The maximum absolute atomic E-state index is 11.5. The Balaban J connectivity index is 2.54. The molecule has 0 aliphatic rings. The number of hydrogen-bond acceptors (Lipinski definition) is 2. The minimum atomic E-state index is -0.0614. The Bertz CT molecular complexity index is 291. The molecule has 4 heteroatoms. The Morgan fingerprint density at radius 3 is 2.85 bits per heavy atom. The SMILES string of the molecule is CC(C)CNC(=O)c1cncn1C. The zero-order valence-corrected chi connectivity index (χ0v) is 8.24. The van der Waals surface area contributed by atoms with Gasteiger partial charge in [-0.2, -0.15) is 0 Å². The van der Waals surface area contributed by atoms with Crippen LogP contribution in [0.25, 0.3) is 0 Å². The van der Waals surface area contributed by atoms with Crippen molar-refractivity contribution < 1.29 is 4.79 Å². The van der Waals surface area contributed by atoms with Gasteiger partial charge in [-0.25, -0.2) is 4.98 Å². The third-order valence-corrected chi connectivity index (χ3v) is 1.72. The first-order chi connectivity index (χ1) is 6.11. The van der Waals surface area contributed by atoms with Gasteiger partial charge < -0.3 is 9.88 Å². The van der Waals surface area contributed by atoms with Gasteiger partial charge in [-0.05, 0) is 5.92 Å². The van der Waals surface area contributed by atoms with Crippen LogP contribution in [0.4, 0.5) is 0 Å². The number of amides is 1. The zero-order chi connectivity index (χ0) is 9.84. The lowest BCUT2D eigenvalue weighted by Gasteiger charge is -2.07. The monoisotopic (exact) mass is 181 g/mol. The Morgan fingerprint density at radius 2 is 2.38 bits per heavy atom. The van der Waals surface area contributed by atoms with E-state index in [1.807, 2.05) is 0 Å². The van der Waals surface area contributed by atoms with Gasteiger partial charge in [-0.15, -0.1) is 0 Å². The van der Waals surface area contributed by atoms with Crippen molar-refractivity contribution in [3.8, 4) is 0 Å². The smallest absolute Gasteiger partial charge is 0.269 e. The van der Waals surface area contributed by atoms with E-state index in [1.54, 1.807) is 24.1 Å². The van der Waals surface area contributed by atoms with Crippen molar-refractivity contribution in [2.75, 3.05) is 6.54 Å². The van der Waals surface area contributed by atoms with E-state index >= 15 is 0 Å². The van der Waals surface area contributed by atoms with Crippen molar-refractivity contribution in [2.45, 2.75) is 13.8 Å². The fourth-order valence-corrected chi connectivity index (χ4v) is 0.963. The first-order valence-electron chi connectivity index (χ1n) is 4.35. The minimum absolute atomic E-state index is 0.0614. The van der Waals surface area contributed by atoms with Gasteiger partial charge in [0.05, 0.1) is 12.5 Å². The van der Waals surface area contributed by atoms with E-state index in [-0.39, 0.29) is 5.91 Å². The van der Waals surface area contributed by atoms with Crippen molar-refractivity contribution in [1.82, 2.24) is 14.9 Å². The van der Waals surface area contributed by atoms with Crippen LogP contribution in [0.2, 0.25) is 0 Å². The Morgan fingerprint density at radius 1 is 1.69 bits per heavy atom. The van der Waals surface area contributed by atoms with Crippen LogP contribution in [0.1, 0.15) is 24.3 Å². The average molecular weight is 181 g/mol. The Hall–Kier alpha value is -1.32. The van der Waals surface area contributed by atoms with E-state index in [0.29, 0.717) is 18.2 Å². The predicted molar refractivity (Wildman–Crippen MR) is 50.4 cm³/mol. The number of rotatable bonds is 3. The third-order valence-electron chi connectivity index (χ3n) is 1.72. The molecule has 0 bridgehead atoms. The fraction of sp³-hybridized carbons (Fsp3) is 0.556. The fourth-order valence-electron chi connectivity index (χ4n) is 0.963. The maximum atomic E-state index is 11.5. The van der Waals surface area contributed by atoms with Crippen LogP contribution in [-0.2, 0) is 7.05 Å². The molecule has 0 aromatic carbocycles. The van der Waals surface area contributed by atoms with Crippen molar-refractivity contribution in [3.05, 3.63) is 18.2 Å². The Kier molecular flexibility index (Phi) is 3.06. The van der Waals surface area contributed by atoms with Crippen LogP contribution in [0.15, 0.2) is 12.5 Å². The highest BCUT2D eigenvalue weighted by molar-refractivity contribution is 5.92. The quantitative estimate of drug-likeness (QED) is 0.750. The number of hydrogen-bond donors (Lipinski definition) is 1. The van der Waals surface area contributed by atoms with E-state index < -0.39 is 0 Å². The topological polar surface area (TPSA) is 46.9 Å². The van der Waals surface area contributed by atoms with E-state index in [4.69, 9.17) is 0 Å². The second kappa shape index (κ2) is 4.07. The molecule has 0 spiro atoms. The van der Waals surface area contributed by atoms with Gasteiger partial charge in [0.2, 0.25) is 0 Å². The molecule has 0 fully saturated rings. The summed E-state index contributed by atoms with van der Waals surface area (Å²) in [5.74, 6) is 0.408. The second-order valence-electron chi connectivity index (χ2n) is 3.49. The molecule has 0 unspecified atom stereocenters. The average Bonchev–Trinajstić information content (AvgIpc) is 2.47. The zero-order valence-electron chi connectivity index (χ0n) is 8.24. The van der Waals surface area contributed by atoms with Crippen LogP contribution in [0.5, 0.6) is 0 Å². The summed E-state index contributed by atoms with van der Waals surface area (Å²) in [5.41, 5.74) is 0.598. The number of carbonyl (C=O) groups excluding carboxylic acids is 1. The maximum Gasteiger partial charge on any atom is 0.269 e. The minimum Gasteiger partial charge on any atom is -0.350 e. The standard InChI is InChI=1S/C9H15N3O/c1-7(2)4-11-9(13)8-5-10-6-12(8)3/h5-7H,4H2,1-3H3,(H,11,13). The molecule has 13 heavy (non-hydrogen) atoms. The lowest BCUT2D eigenvalue weighted by atomic mass is 10.2. The summed E-state index contributed by atoms with van der Waals surface area (Å²) in [7, 11) is 1.80. The van der Waals surface area contributed by atoms with Crippen LogP contribution in [0.3, 0.4) is 0 Å². The lowest BCUT2D eigenvalue weighted by Crippen LogP contribution is -2.28. The van der Waals surface area contributed by atoms with Crippen LogP contribution in [0, 0.1) is 5.92 Å². The number of aryl methyl sites for hydroxylation is 1. The summed E-state index contributed by atoms with van der Waals surface area (Å²) in [5, 5.41) is 2.83. The molecule has 0 aliphatic carbocycles. The van der Waals surface area contributed by atoms with E-state index in [1.165, 1.54) is 0 Å². The summed E-state index contributed by atoms with van der Waals surface area (Å²) in [6, 6.07) is 0. The van der Waals surface area contributed by atoms with Crippen molar-refractivity contribution in [3.63, 3.8) is 0 Å². The summed E-state index contributed by atoms with van der Waals surface area (Å²) in [6.07, 6.45) is 3.18. The van der Waals surface area contributed by atoms with Crippen LogP contribution >= 0.6 is 0 Å². The molecule has 1 rings (SSSR count). The number of carbonyl (C=O) groups is 1. The second-order valence-corrected chi connectivity index (χ2v) is 3.49. The highest BCUT2D eigenvalue weighted by atomic mass is 16.1. The number of nitrogens with one attached hydrogen (secondary N) is 1. The van der Waals surface area contributed by atoms with Gasteiger partial charge >= 0.3 is 0 Å². The summed E-state index contributed by atoms with van der Waals surface area (Å²) in [6.45, 7) is 4.82. The van der Waals surface area contributed by atoms with Gasteiger partial charge in [0.1, 0.15) is 5.69 Å². The highest BCUT2D eigenvalue weighted by Crippen LogP contribution is 1.96. The van der Waals surface area contributed by atoms with Crippen molar-refractivity contribution >= 4 is 5.91 Å². The summed E-state index contributed by atoms with van der Waals surface area (Å²) >= 11 is 0. The first-order valence-corrected chi connectivity index (χ1v) is 4.35. The van der Waals surface area contributed by atoms with Gasteiger partial charge in [0.15, 0.2) is 0 Å². The molecule has 4 nitrogen and oxygen atoms in total. The number of imidazole rings is 1. The van der Waals surface area contributed by atoms with E-state index in [0.717, 1.165) is 0 Å². The number of nitrogens with zero attached hydrogens (tertiary/aromatic N) is 2. The van der Waals surface area contributed by atoms with Gasteiger partial charge in [-0.1, -0.05) is 13.8 Å². The molecule has 0 saturated carbocycles. The largest absolute Gasteiger partial charge is 0.350 e. The summed E-state index contributed by atoms with van der Waals surface area (Å²) in [4.78, 5) is 15.3. The Labute approximate surface area is 78.0 Å². The van der Waals surface area contributed by atoms with Crippen molar-refractivity contribution in [2.24, 2.45) is 13.0 Å². The molecule has 72 valence electrons. The predicted octanol–water partition coefficient (Wildman–Crippen LogP) is 0.806. The molecule has 0 aliphatic heterocycles. The lowest BCUT2D eigenvalue weighted by molar-refractivity contribution is 0.0941. The molecular weight excluding hydrogens is 166 g/mol. The van der Waals surface area contributed by atoms with Crippen LogP contribution in [-0.4, -0.2) is 22.0 Å². The van der Waals surface area contributed by atoms with Crippen molar-refractivity contribution in [1.29, 1.82) is 0 Å².